The highest BCUT2D eigenvalue weighted by Crippen LogP contribution is 2.32. The molecule has 0 saturated carbocycles. The number of ether oxygens (including phenoxy) is 1. The number of rotatable bonds is 6. The maximum Gasteiger partial charge on any atom is 0.323 e. The van der Waals surface area contributed by atoms with Crippen molar-refractivity contribution < 1.29 is 18.7 Å². The molecule has 1 saturated heterocycles. The molecule has 0 unspecified atom stereocenters. The lowest BCUT2D eigenvalue weighted by Gasteiger charge is -2.29. The second-order valence-corrected chi connectivity index (χ2v) is 10.5. The third-order valence-corrected chi connectivity index (χ3v) is 7.24. The Labute approximate surface area is 253 Å². The summed E-state index contributed by atoms with van der Waals surface area (Å²) in [6, 6.07) is 22.5. The van der Waals surface area contributed by atoms with E-state index >= 15 is 0 Å². The number of pyridine rings is 1. The molecule has 6 rings (SSSR count). The zero-order valence-electron chi connectivity index (χ0n) is 24.3. The average molecular weight is 592 g/mol. The van der Waals surface area contributed by atoms with Gasteiger partial charge < -0.3 is 25.2 Å². The van der Waals surface area contributed by atoms with Crippen molar-refractivity contribution in [3.63, 3.8) is 0 Å². The molecule has 222 valence electrons. The van der Waals surface area contributed by atoms with E-state index in [0.29, 0.717) is 54.6 Å². The largest absolute Gasteiger partial charge is 0.378 e. The van der Waals surface area contributed by atoms with Crippen LogP contribution >= 0.6 is 0 Å². The summed E-state index contributed by atoms with van der Waals surface area (Å²) in [5, 5.41) is 6.49. The van der Waals surface area contributed by atoms with Crippen LogP contribution in [0, 0.1) is 5.95 Å². The van der Waals surface area contributed by atoms with Crippen LogP contribution in [0.2, 0.25) is 0 Å². The fourth-order valence-corrected chi connectivity index (χ4v) is 4.97. The van der Waals surface area contributed by atoms with Crippen LogP contribution < -0.4 is 15.5 Å². The van der Waals surface area contributed by atoms with Crippen molar-refractivity contribution in [1.29, 1.82) is 0 Å². The molecule has 2 aromatic heterocycles. The van der Waals surface area contributed by atoms with Crippen LogP contribution in [0.5, 0.6) is 0 Å². The number of nitrogens with zero attached hydrogens (tertiary/aromatic N) is 5. The van der Waals surface area contributed by atoms with Gasteiger partial charge in [-0.15, -0.1) is 0 Å². The van der Waals surface area contributed by atoms with Crippen LogP contribution in [0.15, 0.2) is 85.1 Å². The van der Waals surface area contributed by atoms with Crippen LogP contribution in [-0.2, 0) is 4.74 Å². The molecular formula is C33H30FN7O3. The van der Waals surface area contributed by atoms with Gasteiger partial charge in [0.05, 0.1) is 18.7 Å². The van der Waals surface area contributed by atoms with E-state index in [4.69, 9.17) is 14.7 Å². The van der Waals surface area contributed by atoms with Gasteiger partial charge in [0.25, 0.3) is 5.91 Å². The fourth-order valence-electron chi connectivity index (χ4n) is 4.97. The van der Waals surface area contributed by atoms with E-state index in [9.17, 15) is 14.0 Å². The number of aromatic nitrogens is 3. The Kier molecular flexibility index (Phi) is 8.11. The number of halogens is 1. The zero-order chi connectivity index (χ0) is 30.6. The van der Waals surface area contributed by atoms with E-state index in [2.05, 4.69) is 20.5 Å². The molecule has 0 aliphatic carbocycles. The summed E-state index contributed by atoms with van der Waals surface area (Å²) in [5.41, 5.74) is 4.71. The highest BCUT2D eigenvalue weighted by Gasteiger charge is 2.19. The highest BCUT2D eigenvalue weighted by molar-refractivity contribution is 6.00. The van der Waals surface area contributed by atoms with Crippen LogP contribution in [0.25, 0.3) is 33.4 Å². The molecule has 1 aliphatic rings. The quantitative estimate of drug-likeness (QED) is 0.244. The Morgan fingerprint density at radius 3 is 2.11 bits per heavy atom. The van der Waals surface area contributed by atoms with Crippen molar-refractivity contribution in [2.45, 2.75) is 0 Å². The van der Waals surface area contributed by atoms with E-state index in [0.717, 1.165) is 27.8 Å². The third-order valence-electron chi connectivity index (χ3n) is 7.24. The topological polar surface area (TPSA) is 113 Å². The van der Waals surface area contributed by atoms with Crippen LogP contribution in [0.3, 0.4) is 0 Å². The highest BCUT2D eigenvalue weighted by atomic mass is 19.1. The normalized spacial score (nSPS) is 13.0. The first kappa shape index (κ1) is 28.7. The number of carbonyl (C=O) groups excluding carboxylic acids is 2. The number of carbonyl (C=O) groups is 2. The van der Waals surface area contributed by atoms with Gasteiger partial charge in [0.1, 0.15) is 5.82 Å². The standard InChI is InChI=1S/C33H30FN7O3/c1-40(2)32(42)22-5-10-26(11-6-22)37-33(43)36-25-8-3-21(4-9-25)30-38-28-19-23(24-13-14-35-29(34)20-24)7-12-27(28)31(39-30)41-15-17-44-18-16-41/h3-14,19-20H,15-18H2,1-2H3,(H2,36,37,43). The third kappa shape index (κ3) is 6.32. The minimum Gasteiger partial charge on any atom is -0.378 e. The molecule has 1 aliphatic heterocycles. The monoisotopic (exact) mass is 591 g/mol. The van der Waals surface area contributed by atoms with Gasteiger partial charge in [0.15, 0.2) is 5.82 Å². The first-order chi connectivity index (χ1) is 21.3. The van der Waals surface area contributed by atoms with Gasteiger partial charge in [0, 0.05) is 67.3 Å². The van der Waals surface area contributed by atoms with E-state index in [1.54, 1.807) is 56.6 Å². The van der Waals surface area contributed by atoms with Gasteiger partial charge in [-0.3, -0.25) is 4.79 Å². The SMILES string of the molecule is CN(C)C(=O)c1ccc(NC(=O)Nc2ccc(-c3nc(N4CCOCC4)c4ccc(-c5ccnc(F)c5)cc4n3)cc2)cc1. The maximum atomic E-state index is 13.8. The van der Waals surface area contributed by atoms with Crippen molar-refractivity contribution in [2.24, 2.45) is 0 Å². The van der Waals surface area contributed by atoms with Crippen molar-refractivity contribution in [1.82, 2.24) is 19.9 Å². The van der Waals surface area contributed by atoms with E-state index in [-0.39, 0.29) is 5.91 Å². The Morgan fingerprint density at radius 2 is 1.45 bits per heavy atom. The molecule has 0 spiro atoms. The predicted octanol–water partition coefficient (Wildman–Crippen LogP) is 5.68. The van der Waals surface area contributed by atoms with E-state index in [1.165, 1.54) is 17.2 Å². The number of amides is 3. The Balaban J connectivity index is 1.24. The minimum absolute atomic E-state index is 0.113. The van der Waals surface area contributed by atoms with Crippen molar-refractivity contribution in [2.75, 3.05) is 55.9 Å². The molecule has 3 aromatic carbocycles. The molecule has 5 aromatic rings. The maximum absolute atomic E-state index is 13.8. The number of urea groups is 1. The van der Waals surface area contributed by atoms with Gasteiger partial charge in [-0.2, -0.15) is 4.39 Å². The van der Waals surface area contributed by atoms with Crippen molar-refractivity contribution in [3.05, 3.63) is 96.6 Å². The molecule has 2 N–H and O–H groups in total. The van der Waals surface area contributed by atoms with Gasteiger partial charge >= 0.3 is 6.03 Å². The Hall–Kier alpha value is -5.42. The number of morpholine rings is 1. The molecule has 10 nitrogen and oxygen atoms in total. The number of anilines is 3. The minimum atomic E-state index is -0.545. The van der Waals surface area contributed by atoms with Gasteiger partial charge in [-0.25, -0.2) is 19.7 Å². The smallest absolute Gasteiger partial charge is 0.323 e. The van der Waals surface area contributed by atoms with E-state index < -0.39 is 12.0 Å². The summed E-state index contributed by atoms with van der Waals surface area (Å²) in [4.78, 5) is 41.9. The molecule has 1 fully saturated rings. The summed E-state index contributed by atoms with van der Waals surface area (Å²) < 4.78 is 19.4. The molecular weight excluding hydrogens is 561 g/mol. The molecule has 11 heteroatoms. The molecule has 3 amide bonds. The zero-order valence-corrected chi connectivity index (χ0v) is 24.3. The lowest BCUT2D eigenvalue weighted by Crippen LogP contribution is -2.37. The Morgan fingerprint density at radius 1 is 0.818 bits per heavy atom. The van der Waals surface area contributed by atoms with Crippen molar-refractivity contribution in [3.8, 4) is 22.5 Å². The van der Waals surface area contributed by atoms with E-state index in [1.807, 2.05) is 30.3 Å². The number of hydrogen-bond donors (Lipinski definition) is 2. The molecule has 0 radical (unpaired) electrons. The summed E-state index contributed by atoms with van der Waals surface area (Å²) >= 11 is 0. The average Bonchev–Trinajstić information content (AvgIpc) is 3.04. The Bertz CT molecular complexity index is 1820. The lowest BCUT2D eigenvalue weighted by atomic mass is 10.0. The first-order valence-corrected chi connectivity index (χ1v) is 14.1. The fraction of sp³-hybridized carbons (Fsp3) is 0.182. The summed E-state index contributed by atoms with van der Waals surface area (Å²) in [7, 11) is 3.37. The number of benzene rings is 3. The molecule has 3 heterocycles. The van der Waals surface area contributed by atoms with Gasteiger partial charge in [0.2, 0.25) is 5.95 Å². The predicted molar refractivity (Wildman–Crippen MR) is 168 cm³/mol. The number of fused-ring (bicyclic) bond motifs is 1. The summed E-state index contributed by atoms with van der Waals surface area (Å²) in [6.45, 7) is 2.62. The number of hydrogen-bond acceptors (Lipinski definition) is 7. The molecule has 44 heavy (non-hydrogen) atoms. The summed E-state index contributed by atoms with van der Waals surface area (Å²) in [5.74, 6) is 0.677. The molecule has 0 bridgehead atoms. The number of nitrogens with one attached hydrogen (secondary N) is 2. The molecule has 0 atom stereocenters. The second-order valence-electron chi connectivity index (χ2n) is 10.5. The van der Waals surface area contributed by atoms with Gasteiger partial charge in [-0.05, 0) is 77.9 Å². The second kappa shape index (κ2) is 12.4. The summed E-state index contributed by atoms with van der Waals surface area (Å²) in [6.07, 6.45) is 1.44. The van der Waals surface area contributed by atoms with Crippen LogP contribution in [0.4, 0.5) is 26.4 Å². The van der Waals surface area contributed by atoms with Crippen molar-refractivity contribution >= 4 is 40.0 Å². The first-order valence-electron chi connectivity index (χ1n) is 14.1. The van der Waals surface area contributed by atoms with Gasteiger partial charge in [-0.1, -0.05) is 6.07 Å². The lowest BCUT2D eigenvalue weighted by molar-refractivity contribution is 0.0827. The van der Waals surface area contributed by atoms with Crippen LogP contribution in [-0.4, -0.2) is 72.2 Å². The van der Waals surface area contributed by atoms with Crippen LogP contribution in [0.1, 0.15) is 10.4 Å².